The predicted octanol–water partition coefficient (Wildman–Crippen LogP) is 2.92. The van der Waals surface area contributed by atoms with Crippen LogP contribution in [0, 0.1) is 11.3 Å². The van der Waals surface area contributed by atoms with Gasteiger partial charge in [-0.15, -0.1) is 0 Å². The molecule has 5 heteroatoms. The fraction of sp³-hybridized carbons (Fsp3) is 0.412. The van der Waals surface area contributed by atoms with Crippen LogP contribution in [0.15, 0.2) is 23.8 Å². The molecule has 0 atom stereocenters. The standard InChI is InChI=1S/C17H22N2O3/c1-5-8-22-16-10-13(6-7-15(16)21-4)9-14(11-18)17(20)19-12(2)3/h6-7,9-10,12H,5,8H2,1-4H3,(H,19,20). The van der Waals surface area contributed by atoms with E-state index in [1.807, 2.05) is 26.8 Å². The molecular weight excluding hydrogens is 280 g/mol. The van der Waals surface area contributed by atoms with Gasteiger partial charge in [-0.3, -0.25) is 4.79 Å². The van der Waals surface area contributed by atoms with Crippen molar-refractivity contribution in [2.75, 3.05) is 13.7 Å². The largest absolute Gasteiger partial charge is 0.493 e. The fourth-order valence-corrected chi connectivity index (χ4v) is 1.76. The van der Waals surface area contributed by atoms with E-state index in [-0.39, 0.29) is 17.5 Å². The number of carbonyl (C=O) groups excluding carboxylic acids is 1. The van der Waals surface area contributed by atoms with Gasteiger partial charge >= 0.3 is 0 Å². The number of nitrogens with zero attached hydrogens (tertiary/aromatic N) is 1. The highest BCUT2D eigenvalue weighted by Gasteiger charge is 2.11. The van der Waals surface area contributed by atoms with E-state index >= 15 is 0 Å². The van der Waals surface area contributed by atoms with Gasteiger partial charge < -0.3 is 14.8 Å². The molecule has 0 aliphatic heterocycles. The number of rotatable bonds is 7. The monoisotopic (exact) mass is 302 g/mol. The number of benzene rings is 1. The summed E-state index contributed by atoms with van der Waals surface area (Å²) in [5.41, 5.74) is 0.766. The molecule has 1 aromatic carbocycles. The summed E-state index contributed by atoms with van der Waals surface area (Å²) < 4.78 is 10.9. The van der Waals surface area contributed by atoms with Crippen LogP contribution in [0.1, 0.15) is 32.8 Å². The van der Waals surface area contributed by atoms with E-state index in [1.165, 1.54) is 6.08 Å². The Balaban J connectivity index is 3.07. The van der Waals surface area contributed by atoms with Crippen molar-refractivity contribution in [1.29, 1.82) is 5.26 Å². The van der Waals surface area contributed by atoms with Gasteiger partial charge in [0.1, 0.15) is 11.6 Å². The first-order valence-electron chi connectivity index (χ1n) is 7.25. The van der Waals surface area contributed by atoms with Gasteiger partial charge in [0.25, 0.3) is 5.91 Å². The Morgan fingerprint density at radius 3 is 2.68 bits per heavy atom. The van der Waals surface area contributed by atoms with Crippen LogP contribution in [-0.4, -0.2) is 25.7 Å². The minimum Gasteiger partial charge on any atom is -0.493 e. The van der Waals surface area contributed by atoms with Crippen LogP contribution in [0.2, 0.25) is 0 Å². The molecule has 0 bridgehead atoms. The van der Waals surface area contributed by atoms with Crippen molar-refractivity contribution in [3.8, 4) is 17.6 Å². The molecule has 0 radical (unpaired) electrons. The maximum Gasteiger partial charge on any atom is 0.262 e. The first-order chi connectivity index (χ1) is 10.5. The first-order valence-corrected chi connectivity index (χ1v) is 7.25. The number of nitriles is 1. The first kappa shape index (κ1) is 17.6. The highest BCUT2D eigenvalue weighted by molar-refractivity contribution is 6.01. The van der Waals surface area contributed by atoms with Gasteiger partial charge in [-0.2, -0.15) is 5.26 Å². The second-order valence-electron chi connectivity index (χ2n) is 5.06. The molecule has 1 N–H and O–H groups in total. The molecule has 1 amide bonds. The minimum absolute atomic E-state index is 0.0245. The van der Waals surface area contributed by atoms with Crippen molar-refractivity contribution in [2.24, 2.45) is 0 Å². The number of ether oxygens (including phenoxy) is 2. The second kappa shape index (κ2) is 8.73. The number of hydrogen-bond acceptors (Lipinski definition) is 4. The van der Waals surface area contributed by atoms with Crippen molar-refractivity contribution < 1.29 is 14.3 Å². The smallest absolute Gasteiger partial charge is 0.262 e. The SMILES string of the molecule is CCCOc1cc(C=C(C#N)C(=O)NC(C)C)ccc1OC. The van der Waals surface area contributed by atoms with Crippen molar-refractivity contribution >= 4 is 12.0 Å². The molecule has 0 fully saturated rings. The van der Waals surface area contributed by atoms with Gasteiger partial charge in [-0.25, -0.2) is 0 Å². The third-order valence-electron chi connectivity index (χ3n) is 2.75. The van der Waals surface area contributed by atoms with E-state index in [9.17, 15) is 4.79 Å². The Kier molecular flexibility index (Phi) is 6.97. The van der Waals surface area contributed by atoms with Crippen LogP contribution in [0.25, 0.3) is 6.08 Å². The Hall–Kier alpha value is -2.48. The Labute approximate surface area is 131 Å². The summed E-state index contributed by atoms with van der Waals surface area (Å²) in [6.07, 6.45) is 2.42. The maximum absolute atomic E-state index is 11.9. The van der Waals surface area contributed by atoms with E-state index in [0.717, 1.165) is 6.42 Å². The fourth-order valence-electron chi connectivity index (χ4n) is 1.76. The average molecular weight is 302 g/mol. The third-order valence-corrected chi connectivity index (χ3v) is 2.75. The molecule has 1 aromatic rings. The number of nitrogens with one attached hydrogen (secondary N) is 1. The Morgan fingerprint density at radius 1 is 1.41 bits per heavy atom. The average Bonchev–Trinajstić information content (AvgIpc) is 2.49. The van der Waals surface area contributed by atoms with Crippen molar-refractivity contribution in [1.82, 2.24) is 5.32 Å². The van der Waals surface area contributed by atoms with Crippen LogP contribution in [0.4, 0.5) is 0 Å². The van der Waals surface area contributed by atoms with Crippen molar-refractivity contribution in [2.45, 2.75) is 33.2 Å². The zero-order chi connectivity index (χ0) is 16.5. The molecule has 0 saturated heterocycles. The Bertz CT molecular complexity index is 586. The molecule has 0 heterocycles. The Morgan fingerprint density at radius 2 is 2.14 bits per heavy atom. The van der Waals surface area contributed by atoms with Crippen LogP contribution < -0.4 is 14.8 Å². The summed E-state index contributed by atoms with van der Waals surface area (Å²) in [4.78, 5) is 11.9. The summed E-state index contributed by atoms with van der Waals surface area (Å²) in [5, 5.41) is 11.8. The van der Waals surface area contributed by atoms with Crippen LogP contribution in [0.5, 0.6) is 11.5 Å². The van der Waals surface area contributed by atoms with Gasteiger partial charge in [-0.1, -0.05) is 13.0 Å². The maximum atomic E-state index is 11.9. The lowest BCUT2D eigenvalue weighted by Gasteiger charge is -2.11. The number of carbonyl (C=O) groups is 1. The van der Waals surface area contributed by atoms with Crippen LogP contribution in [-0.2, 0) is 4.79 Å². The van der Waals surface area contributed by atoms with Gasteiger partial charge in [0.05, 0.1) is 13.7 Å². The van der Waals surface area contributed by atoms with E-state index in [4.69, 9.17) is 14.7 Å². The highest BCUT2D eigenvalue weighted by Crippen LogP contribution is 2.29. The molecule has 0 saturated carbocycles. The summed E-state index contributed by atoms with van der Waals surface area (Å²) >= 11 is 0. The molecule has 0 aliphatic carbocycles. The van der Waals surface area contributed by atoms with E-state index in [1.54, 1.807) is 25.3 Å². The highest BCUT2D eigenvalue weighted by atomic mass is 16.5. The van der Waals surface area contributed by atoms with E-state index in [2.05, 4.69) is 5.32 Å². The molecule has 0 unspecified atom stereocenters. The topological polar surface area (TPSA) is 71.3 Å². The summed E-state index contributed by atoms with van der Waals surface area (Å²) in [7, 11) is 1.57. The molecule has 22 heavy (non-hydrogen) atoms. The lowest BCUT2D eigenvalue weighted by atomic mass is 10.1. The third kappa shape index (κ3) is 5.13. The van der Waals surface area contributed by atoms with Gasteiger partial charge in [0.2, 0.25) is 0 Å². The van der Waals surface area contributed by atoms with Gasteiger partial charge in [0, 0.05) is 6.04 Å². The molecule has 118 valence electrons. The minimum atomic E-state index is -0.385. The molecular formula is C17H22N2O3. The molecule has 1 rings (SSSR count). The zero-order valence-electron chi connectivity index (χ0n) is 13.5. The number of amides is 1. The van der Waals surface area contributed by atoms with Crippen molar-refractivity contribution in [3.63, 3.8) is 0 Å². The zero-order valence-corrected chi connectivity index (χ0v) is 13.5. The van der Waals surface area contributed by atoms with Crippen LogP contribution >= 0.6 is 0 Å². The molecule has 5 nitrogen and oxygen atoms in total. The van der Waals surface area contributed by atoms with Gasteiger partial charge in [0.15, 0.2) is 11.5 Å². The second-order valence-corrected chi connectivity index (χ2v) is 5.06. The molecule has 0 aliphatic rings. The number of hydrogen-bond donors (Lipinski definition) is 1. The van der Waals surface area contributed by atoms with E-state index in [0.29, 0.717) is 23.7 Å². The quantitative estimate of drug-likeness (QED) is 0.621. The van der Waals surface area contributed by atoms with Crippen molar-refractivity contribution in [3.05, 3.63) is 29.3 Å². The van der Waals surface area contributed by atoms with Gasteiger partial charge in [-0.05, 0) is 44.0 Å². The molecule has 0 spiro atoms. The lowest BCUT2D eigenvalue weighted by molar-refractivity contribution is -0.117. The summed E-state index contributed by atoms with van der Waals surface area (Å²) in [5.74, 6) is 0.833. The lowest BCUT2D eigenvalue weighted by Crippen LogP contribution is -2.30. The number of methoxy groups -OCH3 is 1. The van der Waals surface area contributed by atoms with E-state index < -0.39 is 0 Å². The normalized spacial score (nSPS) is 11.0. The molecule has 0 aromatic heterocycles. The predicted molar refractivity (Wildman–Crippen MR) is 85.6 cm³/mol. The summed E-state index contributed by atoms with van der Waals surface area (Å²) in [6, 6.07) is 7.19. The van der Waals surface area contributed by atoms with Crippen LogP contribution in [0.3, 0.4) is 0 Å². The summed E-state index contributed by atoms with van der Waals surface area (Å²) in [6.45, 7) is 6.27.